The molecule has 12 heteroatoms. The highest BCUT2D eigenvalue weighted by molar-refractivity contribution is 8.04. The molecule has 6 aromatic rings. The number of fused-ring (bicyclic) bond motifs is 4. The molecule has 324 valence electrons. The van der Waals surface area contributed by atoms with Crippen molar-refractivity contribution in [1.29, 1.82) is 0 Å². The lowest BCUT2D eigenvalue weighted by atomic mass is 10.1. The fraction of sp³-hybridized carbons (Fsp3) is 0.306. The van der Waals surface area contributed by atoms with Gasteiger partial charge in [-0.15, -0.1) is 0 Å². The Hall–Kier alpha value is -1.68. The molecule has 0 aliphatic carbocycles. The Bertz CT molecular complexity index is 2320. The topological polar surface area (TPSA) is 14.2 Å². The van der Waals surface area contributed by atoms with Gasteiger partial charge in [-0.1, -0.05) is 72.1 Å². The number of hydrogen-bond acceptors (Lipinski definition) is 4. The molecule has 0 saturated carbocycles. The highest BCUT2D eigenvalue weighted by Gasteiger charge is 2.25. The van der Waals surface area contributed by atoms with Crippen LogP contribution in [0.25, 0.3) is 34.0 Å². The van der Waals surface area contributed by atoms with Crippen LogP contribution >= 0.6 is 23.5 Å². The highest BCUT2D eigenvalue weighted by atomic mass is 127. The van der Waals surface area contributed by atoms with Gasteiger partial charge in [0.25, 0.3) is 0 Å². The summed E-state index contributed by atoms with van der Waals surface area (Å²) < 4.78 is 7.02. The Labute approximate surface area is 441 Å². The van der Waals surface area contributed by atoms with Gasteiger partial charge in [0, 0.05) is 54.6 Å². The van der Waals surface area contributed by atoms with Gasteiger partial charge in [-0.3, -0.25) is 0 Å². The molecular weight excluding hydrogens is 1240 g/mol. The second-order valence-electron chi connectivity index (χ2n) is 17.0. The molecule has 0 fully saturated rings. The first-order chi connectivity index (χ1) is 27.6. The average Bonchev–Trinajstić information content (AvgIpc) is 3.70. The second kappa shape index (κ2) is 23.0. The van der Waals surface area contributed by atoms with Crippen molar-refractivity contribution in [2.45, 2.75) is 42.1 Å². The van der Waals surface area contributed by atoms with Crippen LogP contribution in [0, 0.1) is 0 Å². The molecule has 0 radical (unpaired) electrons. The molecule has 0 saturated heterocycles. The summed E-state index contributed by atoms with van der Waals surface area (Å²) in [5.41, 5.74) is 7.73. The number of quaternary nitrogens is 2. The van der Waals surface area contributed by atoms with Crippen molar-refractivity contribution in [3.8, 4) is 0 Å². The summed E-state index contributed by atoms with van der Waals surface area (Å²) in [6, 6.07) is 39.7. The third-order valence-electron chi connectivity index (χ3n) is 11.9. The van der Waals surface area contributed by atoms with E-state index < -0.39 is 0 Å². The monoisotopic (exact) mass is 1300 g/mol. The lowest BCUT2D eigenvalue weighted by Gasteiger charge is -2.33. The summed E-state index contributed by atoms with van der Waals surface area (Å²) in [6.45, 7) is 6.77. The Morgan fingerprint density at radius 1 is 0.475 bits per heavy atom. The minimum absolute atomic E-state index is 0. The van der Waals surface area contributed by atoms with Crippen molar-refractivity contribution in [2.75, 3.05) is 78.3 Å². The van der Waals surface area contributed by atoms with Crippen LogP contribution in [0.5, 0.6) is 0 Å². The average molecular weight is 1300 g/mol. The van der Waals surface area contributed by atoms with Crippen LogP contribution in [0.4, 0.5) is 11.4 Å². The van der Waals surface area contributed by atoms with Crippen molar-refractivity contribution in [3.05, 3.63) is 143 Å². The number of aryl methyl sites for hydroxylation is 2. The number of rotatable bonds is 14. The summed E-state index contributed by atoms with van der Waals surface area (Å²) in [6.07, 6.45) is 12.8. The zero-order valence-electron chi connectivity index (χ0n) is 36.1. The van der Waals surface area contributed by atoms with Crippen molar-refractivity contribution >= 4 is 68.9 Å². The molecule has 0 spiro atoms. The van der Waals surface area contributed by atoms with Gasteiger partial charge in [-0.25, -0.2) is 0 Å². The maximum absolute atomic E-state index is 2.45. The van der Waals surface area contributed by atoms with Gasteiger partial charge in [-0.05, 0) is 59.7 Å². The summed E-state index contributed by atoms with van der Waals surface area (Å²) in [7, 11) is 14.0. The zero-order valence-corrected chi connectivity index (χ0v) is 46.3. The number of anilines is 2. The molecule has 2 aromatic heterocycles. The number of nitrogens with zero attached hydrogens (tertiary/aromatic N) is 6. The molecule has 0 bridgehead atoms. The third-order valence-corrected chi connectivity index (χ3v) is 14.2. The lowest BCUT2D eigenvalue weighted by Crippen LogP contribution is -3.00. The lowest BCUT2D eigenvalue weighted by molar-refractivity contribution is -0.911. The van der Waals surface area contributed by atoms with Gasteiger partial charge in [0.05, 0.1) is 99.4 Å². The van der Waals surface area contributed by atoms with E-state index in [-0.39, 0.29) is 95.9 Å². The number of thioether (sulfide) groups is 2. The summed E-state index contributed by atoms with van der Waals surface area (Å²) >= 11 is 3.71. The van der Waals surface area contributed by atoms with E-state index in [1.165, 1.54) is 96.8 Å². The van der Waals surface area contributed by atoms with Crippen molar-refractivity contribution < 1.29 is 114 Å². The predicted octanol–water partition coefficient (Wildman–Crippen LogP) is -2.31. The first-order valence-corrected chi connectivity index (χ1v) is 22.1. The molecule has 8 rings (SSSR count). The van der Waals surface area contributed by atoms with Crippen LogP contribution in [-0.4, -0.2) is 77.4 Å². The summed E-state index contributed by atoms with van der Waals surface area (Å²) in [4.78, 5) is 7.26. The molecule has 6 nitrogen and oxygen atoms in total. The van der Waals surface area contributed by atoms with Gasteiger partial charge in [-0.2, -0.15) is 9.13 Å². The van der Waals surface area contributed by atoms with E-state index in [1.54, 1.807) is 0 Å². The minimum Gasteiger partial charge on any atom is -1.00 e. The normalized spacial score (nSPS) is 14.7. The van der Waals surface area contributed by atoms with Gasteiger partial charge >= 0.3 is 0 Å². The molecule has 2 aliphatic rings. The number of halogens is 4. The van der Waals surface area contributed by atoms with Gasteiger partial charge < -0.3 is 115 Å². The van der Waals surface area contributed by atoms with Crippen molar-refractivity contribution in [3.63, 3.8) is 0 Å². The van der Waals surface area contributed by atoms with E-state index in [0.717, 1.165) is 34.9 Å². The van der Waals surface area contributed by atoms with Crippen LogP contribution < -0.4 is 115 Å². The molecule has 61 heavy (non-hydrogen) atoms. The SMILES string of the molecule is CN1/C(=C/c2cc[n+](CCC[N+](C)(C)CCC[N+](C)(C)CCC[n+]3ccc(/C=C4\Sc5ccccc5N4C)c4ccccc43)c3ccccc23)Sc2ccccc21.[I-].[I-].[I-].[I-]. The Morgan fingerprint density at radius 3 is 1.25 bits per heavy atom. The van der Waals surface area contributed by atoms with E-state index in [9.17, 15) is 0 Å². The molecule has 2 aliphatic heterocycles. The predicted molar refractivity (Wildman–Crippen MR) is 243 cm³/mol. The summed E-state index contributed by atoms with van der Waals surface area (Å²) in [5, 5.41) is 5.16. The number of para-hydroxylation sites is 4. The van der Waals surface area contributed by atoms with E-state index >= 15 is 0 Å². The van der Waals surface area contributed by atoms with E-state index in [0.29, 0.717) is 0 Å². The van der Waals surface area contributed by atoms with Crippen LogP contribution in [0.2, 0.25) is 0 Å². The molecule has 4 aromatic carbocycles. The molecule has 0 amide bonds. The molecule has 0 N–H and O–H groups in total. The first kappa shape index (κ1) is 51.9. The van der Waals surface area contributed by atoms with E-state index in [2.05, 4.69) is 195 Å². The van der Waals surface area contributed by atoms with Crippen molar-refractivity contribution in [1.82, 2.24) is 0 Å². The molecule has 0 unspecified atom stereocenters. The highest BCUT2D eigenvalue weighted by Crippen LogP contribution is 2.46. The Morgan fingerprint density at radius 2 is 0.836 bits per heavy atom. The minimum atomic E-state index is 0. The van der Waals surface area contributed by atoms with Crippen LogP contribution in [0.1, 0.15) is 30.4 Å². The second-order valence-corrected chi connectivity index (χ2v) is 19.1. The third kappa shape index (κ3) is 12.4. The Balaban J connectivity index is 0.00000205. The zero-order chi connectivity index (χ0) is 39.6. The summed E-state index contributed by atoms with van der Waals surface area (Å²) in [5.74, 6) is 0. The van der Waals surface area contributed by atoms with Crippen LogP contribution in [-0.2, 0) is 13.1 Å². The molecule has 4 heterocycles. The first-order valence-electron chi connectivity index (χ1n) is 20.5. The quantitative estimate of drug-likeness (QED) is 0.0693. The van der Waals surface area contributed by atoms with E-state index in [4.69, 9.17) is 0 Å². The maximum Gasteiger partial charge on any atom is 0.213 e. The van der Waals surface area contributed by atoms with Crippen molar-refractivity contribution in [2.24, 2.45) is 0 Å². The van der Waals surface area contributed by atoms with Gasteiger partial charge in [0.2, 0.25) is 11.0 Å². The maximum atomic E-state index is 2.45. The molecule has 0 atom stereocenters. The van der Waals surface area contributed by atoms with Gasteiger partial charge in [0.15, 0.2) is 25.5 Å². The van der Waals surface area contributed by atoms with E-state index in [1.807, 2.05) is 23.5 Å². The standard InChI is InChI=1S/C49H58N6S2.4HI/c1-50-44-22-11-13-24-46(44)56-48(50)36-38-26-30-52(42-20-9-7-18-40(38)42)28-15-32-54(3,4)34-17-35-55(5,6)33-16-29-53-31-27-39(41-19-8-10-21-43(41)53)37-49-51(2)45-23-12-14-25-47(45)57-49;;;;/h7-14,18-27,30-31,36-37H,15-17,28-29,32-35H2,1-6H3;4*1H/q+4;;;;/p-4. The van der Waals surface area contributed by atoms with Gasteiger partial charge in [0.1, 0.15) is 0 Å². The number of hydrogen-bond donors (Lipinski definition) is 0. The largest absolute Gasteiger partial charge is 1.00 e. The number of aromatic nitrogens is 2. The molecular formula is C49H58I4N6S2. The van der Waals surface area contributed by atoms with Crippen LogP contribution in [0.15, 0.2) is 141 Å². The number of pyridine rings is 2. The number of benzene rings is 4. The smallest absolute Gasteiger partial charge is 0.213 e. The Kier molecular flexibility index (Phi) is 19.6. The fourth-order valence-electron chi connectivity index (χ4n) is 8.51. The van der Waals surface area contributed by atoms with Crippen LogP contribution in [0.3, 0.4) is 0 Å². The fourth-order valence-corrected chi connectivity index (χ4v) is 10.7.